The largest absolute Gasteiger partial charge is 0.496 e. The van der Waals surface area contributed by atoms with Crippen LogP contribution < -0.4 is 9.47 Å². The normalized spacial score (nSPS) is 12.3. The molecule has 18 heavy (non-hydrogen) atoms. The highest BCUT2D eigenvalue weighted by molar-refractivity contribution is 6.04. The predicted molar refractivity (Wildman–Crippen MR) is 69.5 cm³/mol. The van der Waals surface area contributed by atoms with Crippen LogP contribution in [-0.2, 0) is 4.74 Å². The summed E-state index contributed by atoms with van der Waals surface area (Å²) in [4.78, 5) is 12.5. The van der Waals surface area contributed by atoms with E-state index in [9.17, 15) is 4.79 Å². The third-order valence-corrected chi connectivity index (χ3v) is 2.79. The minimum absolute atomic E-state index is 0.0807. The Balaban J connectivity index is 3.25. The van der Waals surface area contributed by atoms with E-state index in [2.05, 4.69) is 0 Å². The lowest BCUT2D eigenvalue weighted by Gasteiger charge is -2.20. The van der Waals surface area contributed by atoms with Crippen molar-refractivity contribution in [2.45, 2.75) is 20.0 Å². The molecule has 1 unspecified atom stereocenters. The summed E-state index contributed by atoms with van der Waals surface area (Å²) >= 11 is 0. The third-order valence-electron chi connectivity index (χ3n) is 2.79. The summed E-state index contributed by atoms with van der Waals surface area (Å²) in [6, 6.07) is 5.26. The van der Waals surface area contributed by atoms with Crippen LogP contribution in [0.1, 0.15) is 24.2 Å². The van der Waals surface area contributed by atoms with Crippen molar-refractivity contribution in [3.8, 4) is 11.5 Å². The lowest BCUT2D eigenvalue weighted by molar-refractivity contribution is 0.0453. The number of carbonyl (C=O) groups is 1. The van der Waals surface area contributed by atoms with E-state index in [1.807, 2.05) is 13.8 Å². The van der Waals surface area contributed by atoms with E-state index < -0.39 is 6.10 Å². The zero-order chi connectivity index (χ0) is 13.7. The first-order valence-corrected chi connectivity index (χ1v) is 5.84. The average molecular weight is 252 g/mol. The predicted octanol–water partition coefficient (Wildman–Crippen LogP) is 2.56. The topological polar surface area (TPSA) is 44.8 Å². The first kappa shape index (κ1) is 14.5. The molecular weight excluding hydrogens is 232 g/mol. The maximum atomic E-state index is 12.5. The third kappa shape index (κ3) is 2.82. The Kier molecular flexibility index (Phi) is 5.16. The number of rotatable bonds is 6. The van der Waals surface area contributed by atoms with Crippen molar-refractivity contribution in [3.63, 3.8) is 0 Å². The van der Waals surface area contributed by atoms with E-state index >= 15 is 0 Å². The number of hydrogen-bond donors (Lipinski definition) is 0. The quantitative estimate of drug-likeness (QED) is 0.730. The van der Waals surface area contributed by atoms with Crippen LogP contribution in [0.25, 0.3) is 0 Å². The van der Waals surface area contributed by atoms with Gasteiger partial charge >= 0.3 is 0 Å². The van der Waals surface area contributed by atoms with Crippen molar-refractivity contribution in [1.29, 1.82) is 0 Å². The highest BCUT2D eigenvalue weighted by Crippen LogP contribution is 2.31. The first-order valence-electron chi connectivity index (χ1n) is 5.84. The Hall–Kier alpha value is -1.55. The van der Waals surface area contributed by atoms with Crippen molar-refractivity contribution in [2.24, 2.45) is 5.92 Å². The molecule has 0 saturated carbocycles. The van der Waals surface area contributed by atoms with Gasteiger partial charge in [-0.25, -0.2) is 0 Å². The number of Topliss-reactive ketones (excluding diaryl/α,β-unsaturated/α-hetero) is 1. The van der Waals surface area contributed by atoms with E-state index in [-0.39, 0.29) is 11.7 Å². The summed E-state index contributed by atoms with van der Waals surface area (Å²) < 4.78 is 15.7. The van der Waals surface area contributed by atoms with Gasteiger partial charge < -0.3 is 14.2 Å². The number of carbonyl (C=O) groups excluding carboxylic acids is 1. The summed E-state index contributed by atoms with van der Waals surface area (Å²) in [6.45, 7) is 3.88. The molecule has 1 atom stereocenters. The summed E-state index contributed by atoms with van der Waals surface area (Å²) in [6.07, 6.45) is -0.504. The molecule has 0 aromatic heterocycles. The van der Waals surface area contributed by atoms with Crippen LogP contribution in [0.3, 0.4) is 0 Å². The lowest BCUT2D eigenvalue weighted by atomic mass is 9.96. The molecule has 0 radical (unpaired) electrons. The van der Waals surface area contributed by atoms with Crippen LogP contribution in [0.4, 0.5) is 0 Å². The molecule has 0 aliphatic heterocycles. The van der Waals surface area contributed by atoms with E-state index in [0.29, 0.717) is 17.1 Å². The molecule has 4 heteroatoms. The standard InChI is InChI=1S/C14H20O4/c1-9(2)14(18-5)13(15)12-10(16-3)7-6-8-11(12)17-4/h6-9,14H,1-5H3. The van der Waals surface area contributed by atoms with Gasteiger partial charge in [0.05, 0.1) is 14.2 Å². The Morgan fingerprint density at radius 3 is 1.89 bits per heavy atom. The molecule has 0 bridgehead atoms. The number of hydrogen-bond acceptors (Lipinski definition) is 4. The van der Waals surface area contributed by atoms with Gasteiger partial charge in [0.25, 0.3) is 0 Å². The van der Waals surface area contributed by atoms with Gasteiger partial charge in [0.2, 0.25) is 0 Å². The van der Waals surface area contributed by atoms with E-state index in [1.165, 1.54) is 21.3 Å². The second-order valence-corrected chi connectivity index (χ2v) is 4.30. The molecular formula is C14H20O4. The Bertz CT molecular complexity index is 390. The highest BCUT2D eigenvalue weighted by Gasteiger charge is 2.28. The van der Waals surface area contributed by atoms with Crippen molar-refractivity contribution in [3.05, 3.63) is 23.8 Å². The Morgan fingerprint density at radius 1 is 1.06 bits per heavy atom. The molecule has 0 aliphatic carbocycles. The van der Waals surface area contributed by atoms with Crippen molar-refractivity contribution < 1.29 is 19.0 Å². The van der Waals surface area contributed by atoms with Crippen LogP contribution in [0.2, 0.25) is 0 Å². The van der Waals surface area contributed by atoms with E-state index in [4.69, 9.17) is 14.2 Å². The Labute approximate surface area is 108 Å². The summed E-state index contributed by atoms with van der Waals surface area (Å²) in [5, 5.41) is 0. The summed E-state index contributed by atoms with van der Waals surface area (Å²) in [7, 11) is 4.59. The lowest BCUT2D eigenvalue weighted by Crippen LogP contribution is -2.29. The van der Waals surface area contributed by atoms with E-state index in [0.717, 1.165) is 0 Å². The van der Waals surface area contributed by atoms with Gasteiger partial charge in [-0.1, -0.05) is 19.9 Å². The summed E-state index contributed by atoms with van der Waals surface area (Å²) in [5.74, 6) is 0.961. The van der Waals surface area contributed by atoms with Crippen LogP contribution in [-0.4, -0.2) is 33.2 Å². The molecule has 0 saturated heterocycles. The van der Waals surface area contributed by atoms with E-state index in [1.54, 1.807) is 18.2 Å². The fraction of sp³-hybridized carbons (Fsp3) is 0.500. The second kappa shape index (κ2) is 6.40. The van der Waals surface area contributed by atoms with Crippen molar-refractivity contribution in [2.75, 3.05) is 21.3 Å². The van der Waals surface area contributed by atoms with Crippen LogP contribution in [0, 0.1) is 5.92 Å². The molecule has 0 aliphatic rings. The van der Waals surface area contributed by atoms with Gasteiger partial charge in [0.1, 0.15) is 23.2 Å². The highest BCUT2D eigenvalue weighted by atomic mass is 16.5. The molecule has 1 aromatic rings. The molecule has 100 valence electrons. The minimum atomic E-state index is -0.504. The van der Waals surface area contributed by atoms with Crippen LogP contribution in [0.5, 0.6) is 11.5 Å². The molecule has 0 fully saturated rings. The molecule has 0 spiro atoms. The SMILES string of the molecule is COc1cccc(OC)c1C(=O)C(OC)C(C)C. The number of methoxy groups -OCH3 is 3. The fourth-order valence-electron chi connectivity index (χ4n) is 1.92. The molecule has 1 rings (SSSR count). The maximum Gasteiger partial charge on any atom is 0.199 e. The molecule has 4 nitrogen and oxygen atoms in total. The smallest absolute Gasteiger partial charge is 0.199 e. The molecule has 0 N–H and O–H groups in total. The molecule has 1 aromatic carbocycles. The van der Waals surface area contributed by atoms with Gasteiger partial charge in [-0.05, 0) is 18.1 Å². The minimum Gasteiger partial charge on any atom is -0.496 e. The Morgan fingerprint density at radius 2 is 1.56 bits per heavy atom. The fourth-order valence-corrected chi connectivity index (χ4v) is 1.92. The maximum absolute atomic E-state index is 12.5. The zero-order valence-corrected chi connectivity index (χ0v) is 11.5. The van der Waals surface area contributed by atoms with Crippen molar-refractivity contribution in [1.82, 2.24) is 0 Å². The van der Waals surface area contributed by atoms with Crippen LogP contribution in [0.15, 0.2) is 18.2 Å². The van der Waals surface area contributed by atoms with Gasteiger partial charge in [-0.3, -0.25) is 4.79 Å². The average Bonchev–Trinajstić information content (AvgIpc) is 2.37. The van der Waals surface area contributed by atoms with Crippen molar-refractivity contribution >= 4 is 5.78 Å². The second-order valence-electron chi connectivity index (χ2n) is 4.30. The summed E-state index contributed by atoms with van der Waals surface area (Å²) in [5.41, 5.74) is 0.433. The van der Waals surface area contributed by atoms with Gasteiger partial charge in [0, 0.05) is 7.11 Å². The molecule has 0 amide bonds. The van der Waals surface area contributed by atoms with Gasteiger partial charge in [-0.2, -0.15) is 0 Å². The molecule has 0 heterocycles. The number of ether oxygens (including phenoxy) is 3. The zero-order valence-electron chi connectivity index (χ0n) is 11.5. The number of benzene rings is 1. The van der Waals surface area contributed by atoms with Gasteiger partial charge in [0.15, 0.2) is 5.78 Å². The number of ketones is 1. The van der Waals surface area contributed by atoms with Crippen LogP contribution >= 0.6 is 0 Å². The monoisotopic (exact) mass is 252 g/mol. The first-order chi connectivity index (χ1) is 8.56. The van der Waals surface area contributed by atoms with Gasteiger partial charge in [-0.15, -0.1) is 0 Å².